The van der Waals surface area contributed by atoms with Gasteiger partial charge in [-0.1, -0.05) is 32.8 Å². The minimum absolute atomic E-state index is 0. The molecule has 0 bridgehead atoms. The normalized spacial score (nSPS) is 12.7. The largest absolute Gasteiger partial charge is 0.504 e. The third kappa shape index (κ3) is 8.88. The quantitative estimate of drug-likeness (QED) is 0.331. The molecule has 132 valence electrons. The first-order valence-electron chi connectivity index (χ1n) is 7.84. The van der Waals surface area contributed by atoms with E-state index in [-0.39, 0.29) is 29.7 Å². The first kappa shape index (κ1) is 21.8. The van der Waals surface area contributed by atoms with Crippen LogP contribution in [0, 0.1) is 5.92 Å². The Morgan fingerprint density at radius 1 is 1.30 bits per heavy atom. The van der Waals surface area contributed by atoms with Crippen molar-refractivity contribution < 1.29 is 9.84 Å². The zero-order chi connectivity index (χ0) is 16.5. The Labute approximate surface area is 156 Å². The molecule has 0 aliphatic rings. The summed E-state index contributed by atoms with van der Waals surface area (Å²) in [4.78, 5) is 4.31. The van der Waals surface area contributed by atoms with Gasteiger partial charge in [0, 0.05) is 6.04 Å². The van der Waals surface area contributed by atoms with Gasteiger partial charge in [0.25, 0.3) is 0 Å². The molecule has 1 atom stereocenters. The van der Waals surface area contributed by atoms with Crippen LogP contribution in [0.15, 0.2) is 23.2 Å². The van der Waals surface area contributed by atoms with Crippen molar-refractivity contribution >= 4 is 29.9 Å². The summed E-state index contributed by atoms with van der Waals surface area (Å²) in [5.41, 5.74) is 6.78. The lowest BCUT2D eigenvalue weighted by Gasteiger charge is -2.15. The van der Waals surface area contributed by atoms with Crippen LogP contribution in [0.4, 0.5) is 0 Å². The monoisotopic (exact) mass is 435 g/mol. The highest BCUT2D eigenvalue weighted by molar-refractivity contribution is 14.0. The number of aliphatic imine (C=N–C) groups is 1. The SMILES string of the molecule is COc1ccc(CN=C(N)NC(C)CCCC(C)C)cc1O.I. The zero-order valence-corrected chi connectivity index (χ0v) is 16.8. The topological polar surface area (TPSA) is 79.9 Å². The van der Waals surface area contributed by atoms with Gasteiger partial charge in [0.05, 0.1) is 13.7 Å². The lowest BCUT2D eigenvalue weighted by atomic mass is 10.0. The minimum atomic E-state index is 0. The summed E-state index contributed by atoms with van der Waals surface area (Å²) >= 11 is 0. The van der Waals surface area contributed by atoms with Crippen LogP contribution in [0.25, 0.3) is 0 Å². The van der Waals surface area contributed by atoms with E-state index in [9.17, 15) is 5.11 Å². The minimum Gasteiger partial charge on any atom is -0.504 e. The summed E-state index contributed by atoms with van der Waals surface area (Å²) in [6.45, 7) is 7.01. The first-order chi connectivity index (χ1) is 10.4. The van der Waals surface area contributed by atoms with Crippen molar-refractivity contribution in [2.75, 3.05) is 7.11 Å². The highest BCUT2D eigenvalue weighted by Gasteiger charge is 2.05. The summed E-state index contributed by atoms with van der Waals surface area (Å²) < 4.78 is 5.01. The third-order valence-corrected chi connectivity index (χ3v) is 3.49. The molecular weight excluding hydrogens is 405 g/mol. The molecule has 5 nitrogen and oxygen atoms in total. The Kier molecular flexibility index (Phi) is 10.8. The van der Waals surface area contributed by atoms with E-state index in [0.717, 1.165) is 17.9 Å². The molecule has 1 unspecified atom stereocenters. The summed E-state index contributed by atoms with van der Waals surface area (Å²) in [5.74, 6) is 1.75. The van der Waals surface area contributed by atoms with Crippen molar-refractivity contribution in [2.45, 2.75) is 52.6 Å². The van der Waals surface area contributed by atoms with Crippen molar-refractivity contribution in [1.82, 2.24) is 5.32 Å². The second-order valence-corrected chi connectivity index (χ2v) is 6.08. The molecule has 0 aliphatic carbocycles. The number of rotatable bonds is 8. The van der Waals surface area contributed by atoms with Crippen LogP contribution in [0.5, 0.6) is 11.5 Å². The Hall–Kier alpha value is -1.18. The van der Waals surface area contributed by atoms with Crippen LogP contribution < -0.4 is 15.8 Å². The van der Waals surface area contributed by atoms with Gasteiger partial charge < -0.3 is 20.9 Å². The Bertz CT molecular complexity index is 493. The average Bonchev–Trinajstić information content (AvgIpc) is 2.44. The molecule has 0 saturated heterocycles. The van der Waals surface area contributed by atoms with Crippen molar-refractivity contribution in [3.63, 3.8) is 0 Å². The van der Waals surface area contributed by atoms with E-state index in [1.54, 1.807) is 12.1 Å². The molecule has 1 rings (SSSR count). The molecule has 0 heterocycles. The van der Waals surface area contributed by atoms with E-state index in [2.05, 4.69) is 31.1 Å². The van der Waals surface area contributed by atoms with Crippen LogP contribution >= 0.6 is 24.0 Å². The summed E-state index contributed by atoms with van der Waals surface area (Å²) in [5, 5.41) is 12.9. The van der Waals surface area contributed by atoms with Gasteiger partial charge in [-0.15, -0.1) is 24.0 Å². The number of hydrogen-bond donors (Lipinski definition) is 3. The zero-order valence-electron chi connectivity index (χ0n) is 14.5. The van der Waals surface area contributed by atoms with Gasteiger partial charge in [0.2, 0.25) is 0 Å². The molecule has 23 heavy (non-hydrogen) atoms. The summed E-state index contributed by atoms with van der Waals surface area (Å²) in [6.07, 6.45) is 3.50. The Balaban J connectivity index is 0.00000484. The van der Waals surface area contributed by atoms with E-state index in [1.807, 2.05) is 6.07 Å². The molecule has 0 aromatic heterocycles. The molecule has 1 aromatic rings. The molecule has 0 amide bonds. The molecule has 6 heteroatoms. The molecule has 4 N–H and O–H groups in total. The van der Waals surface area contributed by atoms with Gasteiger partial charge in [-0.25, -0.2) is 4.99 Å². The molecular formula is C17H30IN3O2. The van der Waals surface area contributed by atoms with E-state index in [0.29, 0.717) is 24.3 Å². The highest BCUT2D eigenvalue weighted by Crippen LogP contribution is 2.26. The standard InChI is InChI=1S/C17H29N3O2.HI/c1-12(2)6-5-7-13(3)20-17(18)19-11-14-8-9-16(22-4)15(21)10-14;/h8-10,12-13,21H,5-7,11H2,1-4H3,(H3,18,19,20);1H. The number of nitrogens with two attached hydrogens (primary N) is 1. The van der Waals surface area contributed by atoms with Crippen LogP contribution in [-0.4, -0.2) is 24.2 Å². The van der Waals surface area contributed by atoms with E-state index in [1.165, 1.54) is 20.0 Å². The number of guanidine groups is 1. The fourth-order valence-corrected chi connectivity index (χ4v) is 2.21. The van der Waals surface area contributed by atoms with Crippen molar-refractivity contribution in [2.24, 2.45) is 16.6 Å². The number of ether oxygens (including phenoxy) is 1. The van der Waals surface area contributed by atoms with Crippen molar-refractivity contribution in [3.05, 3.63) is 23.8 Å². The maximum absolute atomic E-state index is 9.72. The maximum atomic E-state index is 9.72. The number of halogens is 1. The number of benzene rings is 1. The highest BCUT2D eigenvalue weighted by atomic mass is 127. The molecule has 0 aliphatic heterocycles. The number of hydrogen-bond acceptors (Lipinski definition) is 3. The van der Waals surface area contributed by atoms with E-state index in [4.69, 9.17) is 10.5 Å². The number of aromatic hydroxyl groups is 1. The predicted octanol–water partition coefficient (Wildman–Crippen LogP) is 3.64. The summed E-state index contributed by atoms with van der Waals surface area (Å²) in [7, 11) is 1.52. The number of nitrogens with zero attached hydrogens (tertiary/aromatic N) is 1. The van der Waals surface area contributed by atoms with Gasteiger partial charge in [0.1, 0.15) is 0 Å². The van der Waals surface area contributed by atoms with Crippen LogP contribution in [0.3, 0.4) is 0 Å². The van der Waals surface area contributed by atoms with Crippen molar-refractivity contribution in [3.8, 4) is 11.5 Å². The van der Waals surface area contributed by atoms with E-state index >= 15 is 0 Å². The van der Waals surface area contributed by atoms with Gasteiger partial charge in [-0.2, -0.15) is 0 Å². The molecule has 0 radical (unpaired) electrons. The maximum Gasteiger partial charge on any atom is 0.189 e. The van der Waals surface area contributed by atoms with E-state index < -0.39 is 0 Å². The number of phenols is 1. The Morgan fingerprint density at radius 3 is 2.57 bits per heavy atom. The fraction of sp³-hybridized carbons (Fsp3) is 0.588. The van der Waals surface area contributed by atoms with Gasteiger partial charge >= 0.3 is 0 Å². The van der Waals surface area contributed by atoms with Crippen LogP contribution in [-0.2, 0) is 6.54 Å². The van der Waals surface area contributed by atoms with Gasteiger partial charge in [0.15, 0.2) is 17.5 Å². The molecule has 0 saturated carbocycles. The molecule has 0 fully saturated rings. The average molecular weight is 435 g/mol. The first-order valence-corrected chi connectivity index (χ1v) is 7.84. The van der Waals surface area contributed by atoms with Crippen LogP contribution in [0.2, 0.25) is 0 Å². The lowest BCUT2D eigenvalue weighted by molar-refractivity contribution is 0.373. The number of nitrogens with one attached hydrogen (secondary N) is 1. The van der Waals surface area contributed by atoms with Gasteiger partial charge in [-0.3, -0.25) is 0 Å². The number of phenolic OH excluding ortho intramolecular Hbond substituents is 1. The van der Waals surface area contributed by atoms with Crippen LogP contribution in [0.1, 0.15) is 45.6 Å². The third-order valence-electron chi connectivity index (χ3n) is 3.49. The number of methoxy groups -OCH3 is 1. The van der Waals surface area contributed by atoms with Gasteiger partial charge in [-0.05, 0) is 37.0 Å². The summed E-state index contributed by atoms with van der Waals surface area (Å²) in [6, 6.07) is 5.54. The fourth-order valence-electron chi connectivity index (χ4n) is 2.21. The molecule has 1 aromatic carbocycles. The predicted molar refractivity (Wildman–Crippen MR) is 107 cm³/mol. The smallest absolute Gasteiger partial charge is 0.189 e. The second-order valence-electron chi connectivity index (χ2n) is 6.08. The second kappa shape index (κ2) is 11.4. The molecule has 0 spiro atoms. The van der Waals surface area contributed by atoms with Crippen molar-refractivity contribution in [1.29, 1.82) is 0 Å². The Morgan fingerprint density at radius 2 is 2.00 bits per heavy atom. The lowest BCUT2D eigenvalue weighted by Crippen LogP contribution is -2.38.